The summed E-state index contributed by atoms with van der Waals surface area (Å²) in [5.41, 5.74) is 4.17. The van der Waals surface area contributed by atoms with E-state index in [2.05, 4.69) is 85.6 Å². The molecule has 1 heterocycles. The predicted molar refractivity (Wildman–Crippen MR) is 92.5 cm³/mol. The quantitative estimate of drug-likeness (QED) is 0.506. The van der Waals surface area contributed by atoms with Crippen LogP contribution in [0.3, 0.4) is 0 Å². The van der Waals surface area contributed by atoms with E-state index in [1.54, 1.807) is 3.81 Å². The van der Waals surface area contributed by atoms with Crippen LogP contribution in [0.2, 0.25) is 0 Å². The number of aromatic nitrogens is 1. The molecule has 0 fully saturated rings. The summed E-state index contributed by atoms with van der Waals surface area (Å²) in [5.74, 6) is 0. The van der Waals surface area contributed by atoms with Crippen LogP contribution < -0.4 is 28.8 Å². The summed E-state index contributed by atoms with van der Waals surface area (Å²) < 4.78 is 3.68. The molecule has 1 aromatic heterocycles. The van der Waals surface area contributed by atoms with Crippen molar-refractivity contribution in [3.63, 3.8) is 0 Å². The van der Waals surface area contributed by atoms with E-state index in [-0.39, 0.29) is 24.8 Å². The summed E-state index contributed by atoms with van der Waals surface area (Å²) >= 11 is -1.59. The van der Waals surface area contributed by atoms with E-state index in [4.69, 9.17) is 0 Å². The minimum atomic E-state index is -1.59. The molecule has 0 saturated heterocycles. The standard InChI is InChI=1S/C9H7.C8H6N.C3H6.2ClH.Ti/c1-2-5-9-7-3-6-8(9)4-1;1-2-4-8-7(3-1)5-6-9-8;1-3-2;;;/h1-7H;1-5,9H;1-2H3;2*1H;/q;;;;;+2/p-2. The van der Waals surface area contributed by atoms with Gasteiger partial charge in [0.2, 0.25) is 0 Å². The average molecular weight is 392 g/mol. The molecule has 24 heavy (non-hydrogen) atoms. The molecule has 0 spiro atoms. The van der Waals surface area contributed by atoms with Crippen molar-refractivity contribution in [3.8, 4) is 0 Å². The van der Waals surface area contributed by atoms with Gasteiger partial charge in [-0.2, -0.15) is 0 Å². The molecule has 1 unspecified atom stereocenters. The number of H-pyrrole nitrogens is 1. The number of para-hydroxylation sites is 1. The molecule has 1 N–H and O–H groups in total. The van der Waals surface area contributed by atoms with Gasteiger partial charge in [-0.1, -0.05) is 0 Å². The van der Waals surface area contributed by atoms with Crippen molar-refractivity contribution in [3.05, 3.63) is 71.8 Å². The van der Waals surface area contributed by atoms with Crippen molar-refractivity contribution < 1.29 is 42.2 Å². The average Bonchev–Trinajstić information content (AvgIpc) is 3.12. The van der Waals surface area contributed by atoms with E-state index < -0.39 is 17.4 Å². The van der Waals surface area contributed by atoms with Gasteiger partial charge in [-0.3, -0.25) is 0 Å². The van der Waals surface area contributed by atoms with Gasteiger partial charge in [0.15, 0.2) is 0 Å². The molecule has 0 radical (unpaired) electrons. The zero-order valence-corrected chi connectivity index (χ0v) is 16.8. The topological polar surface area (TPSA) is 15.8 Å². The Morgan fingerprint density at radius 2 is 1.67 bits per heavy atom. The van der Waals surface area contributed by atoms with Crippen LogP contribution in [0.25, 0.3) is 17.0 Å². The van der Waals surface area contributed by atoms with Crippen molar-refractivity contribution >= 4 is 24.8 Å². The molecule has 0 bridgehead atoms. The first-order chi connectivity index (χ1) is 10.7. The van der Waals surface area contributed by atoms with Crippen molar-refractivity contribution in [2.75, 3.05) is 0 Å². The Morgan fingerprint density at radius 3 is 2.42 bits per heavy atom. The first kappa shape index (κ1) is 19.2. The van der Waals surface area contributed by atoms with E-state index in [1.807, 2.05) is 0 Å². The molecule has 0 aliphatic heterocycles. The molecule has 2 aromatic carbocycles. The molecule has 1 nitrogen and oxygen atoms in total. The number of allylic oxidation sites excluding steroid dienone is 1. The molecule has 0 saturated carbocycles. The van der Waals surface area contributed by atoms with E-state index in [9.17, 15) is 0 Å². The number of halogens is 2. The maximum Gasteiger partial charge on any atom is -1.00 e. The Bertz CT molecular complexity index is 887. The monoisotopic (exact) mass is 391 g/mol. The van der Waals surface area contributed by atoms with Crippen LogP contribution in [-0.4, -0.2) is 8.80 Å². The fourth-order valence-electron chi connectivity index (χ4n) is 3.47. The normalized spacial score (nSPS) is 14.3. The fraction of sp³-hybridized carbons (Fsp3) is 0.150. The van der Waals surface area contributed by atoms with Gasteiger partial charge in [0, 0.05) is 0 Å². The van der Waals surface area contributed by atoms with E-state index in [0.29, 0.717) is 4.22 Å². The zero-order valence-electron chi connectivity index (χ0n) is 13.7. The zero-order chi connectivity index (χ0) is 15.1. The number of aromatic amines is 1. The SMILES string of the molecule is C[C](C)=[Ti+2]([c]1cc2ccccc2[nH]1)[CH]1C=Cc2ccccc21.[Cl-].[Cl-]. The van der Waals surface area contributed by atoms with Gasteiger partial charge < -0.3 is 24.8 Å². The van der Waals surface area contributed by atoms with Gasteiger partial charge in [0.1, 0.15) is 0 Å². The number of fused-ring (bicyclic) bond motifs is 2. The van der Waals surface area contributed by atoms with E-state index in [0.717, 1.165) is 0 Å². The maximum atomic E-state index is 3.70. The van der Waals surface area contributed by atoms with Crippen LogP contribution in [0.4, 0.5) is 0 Å². The van der Waals surface area contributed by atoms with Crippen LogP contribution in [0.1, 0.15) is 29.2 Å². The Labute approximate surface area is 161 Å². The third-order valence-corrected chi connectivity index (χ3v) is 9.24. The van der Waals surface area contributed by atoms with Gasteiger partial charge >= 0.3 is 137 Å². The summed E-state index contributed by atoms with van der Waals surface area (Å²) in [5, 5.41) is 1.33. The summed E-state index contributed by atoms with van der Waals surface area (Å²) in [6, 6.07) is 19.8. The summed E-state index contributed by atoms with van der Waals surface area (Å²) in [4.78, 5) is 3.70. The number of benzene rings is 2. The Hall–Kier alpha value is -1.12. The Kier molecular flexibility index (Phi) is 6.28. The van der Waals surface area contributed by atoms with Crippen LogP contribution in [0, 0.1) is 0 Å². The first-order valence-electron chi connectivity index (χ1n) is 7.76. The smallest absolute Gasteiger partial charge is 1.00 e. The molecule has 3 aromatic rings. The molecular formula is C20H19Cl2NTi. The van der Waals surface area contributed by atoms with E-state index >= 15 is 0 Å². The van der Waals surface area contributed by atoms with Crippen molar-refractivity contribution in [2.24, 2.45) is 0 Å². The Morgan fingerprint density at radius 1 is 0.958 bits per heavy atom. The van der Waals surface area contributed by atoms with Crippen molar-refractivity contribution in [1.82, 2.24) is 4.98 Å². The molecule has 4 rings (SSSR count). The number of hydrogen-bond donors (Lipinski definition) is 1. The largest absolute Gasteiger partial charge is 1.00 e. The molecule has 1 atom stereocenters. The maximum absolute atomic E-state index is 3.70. The number of nitrogens with one attached hydrogen (secondary N) is 1. The fourth-order valence-corrected chi connectivity index (χ4v) is 8.06. The second-order valence-electron chi connectivity index (χ2n) is 6.15. The van der Waals surface area contributed by atoms with Crippen LogP contribution in [0.5, 0.6) is 0 Å². The van der Waals surface area contributed by atoms with Crippen molar-refractivity contribution in [1.29, 1.82) is 0 Å². The third-order valence-electron chi connectivity index (χ3n) is 4.47. The van der Waals surface area contributed by atoms with Crippen molar-refractivity contribution in [2.45, 2.75) is 18.1 Å². The van der Waals surface area contributed by atoms with Gasteiger partial charge in [-0.05, 0) is 0 Å². The molecule has 0 amide bonds. The molecule has 1 aliphatic carbocycles. The minimum Gasteiger partial charge on any atom is -1.00 e. The van der Waals surface area contributed by atoms with Crippen LogP contribution >= 0.6 is 0 Å². The summed E-state index contributed by atoms with van der Waals surface area (Å²) in [6.07, 6.45) is 4.73. The molecule has 1 aliphatic rings. The van der Waals surface area contributed by atoms with Crippen LogP contribution in [-0.2, 0) is 17.4 Å². The summed E-state index contributed by atoms with van der Waals surface area (Å²) in [7, 11) is 0. The van der Waals surface area contributed by atoms with Gasteiger partial charge in [0.25, 0.3) is 0 Å². The Balaban J connectivity index is 0.00000104. The number of rotatable bonds is 2. The van der Waals surface area contributed by atoms with Crippen LogP contribution in [0.15, 0.2) is 60.7 Å². The second-order valence-corrected chi connectivity index (χ2v) is 10.8. The van der Waals surface area contributed by atoms with Gasteiger partial charge in [-0.25, -0.2) is 0 Å². The first-order valence-corrected chi connectivity index (χ1v) is 10.2. The summed E-state index contributed by atoms with van der Waals surface area (Å²) in [6.45, 7) is 4.63. The number of hydrogen-bond acceptors (Lipinski definition) is 0. The third kappa shape index (κ3) is 3.32. The second kappa shape index (κ2) is 7.84. The van der Waals surface area contributed by atoms with Gasteiger partial charge in [0.05, 0.1) is 0 Å². The van der Waals surface area contributed by atoms with E-state index in [1.165, 1.54) is 26.0 Å². The molecule has 122 valence electrons. The molecule has 4 heteroatoms. The predicted octanol–water partition coefficient (Wildman–Crippen LogP) is -1.60. The van der Waals surface area contributed by atoms with Gasteiger partial charge in [-0.15, -0.1) is 0 Å². The minimum absolute atomic E-state index is 0. The molecular weight excluding hydrogens is 373 g/mol.